The lowest BCUT2D eigenvalue weighted by Crippen LogP contribution is -2.47. The Hall–Kier alpha value is -1.44. The van der Waals surface area contributed by atoms with Crippen LogP contribution in [0.2, 0.25) is 0 Å². The van der Waals surface area contributed by atoms with Crippen LogP contribution in [0.4, 0.5) is 13.2 Å². The summed E-state index contributed by atoms with van der Waals surface area (Å²) in [6.45, 7) is 12.5. The second kappa shape index (κ2) is 12.3. The van der Waals surface area contributed by atoms with Crippen LogP contribution < -0.4 is 0 Å². The number of benzene rings is 1. The van der Waals surface area contributed by atoms with Crippen LogP contribution in [0.5, 0.6) is 0 Å². The minimum Gasteiger partial charge on any atom is -0.374 e. The fourth-order valence-electron chi connectivity index (χ4n) is 4.25. The molecule has 0 aromatic heterocycles. The van der Waals surface area contributed by atoms with Gasteiger partial charge in [0.2, 0.25) is 0 Å². The summed E-state index contributed by atoms with van der Waals surface area (Å²) in [7, 11) is 2.13. The summed E-state index contributed by atoms with van der Waals surface area (Å²) in [4.78, 5) is 9.45. The molecule has 3 rings (SSSR count). The first-order valence-electron chi connectivity index (χ1n) is 12.1. The average molecular weight is 482 g/mol. The van der Waals surface area contributed by atoms with E-state index < -0.39 is 11.7 Å². The van der Waals surface area contributed by atoms with Gasteiger partial charge in [-0.1, -0.05) is 37.8 Å². The Morgan fingerprint density at radius 2 is 1.55 bits per heavy atom. The van der Waals surface area contributed by atoms with Crippen molar-refractivity contribution in [2.45, 2.75) is 50.6 Å². The fraction of sp³-hybridized carbons (Fsp3) is 0.615. The van der Waals surface area contributed by atoms with E-state index >= 15 is 0 Å². The smallest absolute Gasteiger partial charge is 0.374 e. The number of piperazine rings is 1. The topological polar surface area (TPSA) is 9.72 Å². The zero-order valence-corrected chi connectivity index (χ0v) is 21.0. The van der Waals surface area contributed by atoms with Crippen molar-refractivity contribution in [3.8, 4) is 0 Å². The maximum atomic E-state index is 12.8. The zero-order chi connectivity index (χ0) is 23.8. The molecule has 0 amide bonds. The van der Waals surface area contributed by atoms with Gasteiger partial charge in [-0.25, -0.2) is 0 Å². The zero-order valence-electron chi connectivity index (χ0n) is 20.2. The van der Waals surface area contributed by atoms with E-state index in [0.717, 1.165) is 61.2 Å². The first kappa shape index (κ1) is 26.2. The molecule has 3 nitrogen and oxygen atoms in total. The van der Waals surface area contributed by atoms with Crippen molar-refractivity contribution in [2.75, 3.05) is 52.9 Å². The molecule has 0 spiro atoms. The van der Waals surface area contributed by atoms with Crippen LogP contribution >= 0.6 is 11.8 Å². The largest absolute Gasteiger partial charge is 0.416 e. The molecule has 1 fully saturated rings. The van der Waals surface area contributed by atoms with Crippen LogP contribution in [0.25, 0.3) is 0 Å². The monoisotopic (exact) mass is 481 g/mol. The van der Waals surface area contributed by atoms with E-state index in [9.17, 15) is 13.2 Å². The number of nitrogens with zero attached hydrogens (tertiary/aromatic N) is 3. The number of thioether (sulfide) groups is 1. The highest BCUT2D eigenvalue weighted by molar-refractivity contribution is 8.03. The minimum atomic E-state index is -4.29. The summed E-state index contributed by atoms with van der Waals surface area (Å²) in [5.74, 6) is 0.768. The van der Waals surface area contributed by atoms with Crippen LogP contribution in [0.1, 0.15) is 45.1 Å². The van der Waals surface area contributed by atoms with E-state index in [0.29, 0.717) is 0 Å². The van der Waals surface area contributed by atoms with Gasteiger partial charge in [-0.15, -0.1) is 0 Å². The van der Waals surface area contributed by atoms with Gasteiger partial charge in [0.1, 0.15) is 0 Å². The van der Waals surface area contributed by atoms with E-state index in [1.54, 1.807) is 23.9 Å². The van der Waals surface area contributed by atoms with Gasteiger partial charge in [0, 0.05) is 55.3 Å². The summed E-state index contributed by atoms with van der Waals surface area (Å²) in [5.41, 5.74) is 0.600. The Labute approximate surface area is 201 Å². The maximum Gasteiger partial charge on any atom is 0.416 e. The molecule has 1 aliphatic carbocycles. The molecular formula is C26H38F3N3S. The summed E-state index contributed by atoms with van der Waals surface area (Å²) in [6, 6.07) is 5.48. The van der Waals surface area contributed by atoms with Gasteiger partial charge in [0.05, 0.1) is 5.56 Å². The van der Waals surface area contributed by atoms with E-state index in [-0.39, 0.29) is 0 Å². The van der Waals surface area contributed by atoms with Gasteiger partial charge >= 0.3 is 6.18 Å². The third kappa shape index (κ3) is 8.37. The lowest BCUT2D eigenvalue weighted by atomic mass is 10.1. The standard InChI is InChI=1S/C26H38F3N3S/c1-21(2)13-16-32-19-17-31(18-20-32)15-6-14-30(3)24-7-4-5-8-25(24)33-23-11-9-22(10-12-23)26(27,28)29/h7-12,21H,4-6,13-20H2,1-3H3. The molecule has 0 N–H and O–H groups in total. The Balaban J connectivity index is 1.44. The first-order valence-corrected chi connectivity index (χ1v) is 13.0. The predicted molar refractivity (Wildman–Crippen MR) is 132 cm³/mol. The molecule has 1 aromatic carbocycles. The Morgan fingerprint density at radius 3 is 2.15 bits per heavy atom. The third-order valence-electron chi connectivity index (χ3n) is 6.36. The highest BCUT2D eigenvalue weighted by atomic mass is 32.2. The van der Waals surface area contributed by atoms with E-state index in [1.165, 1.54) is 43.9 Å². The van der Waals surface area contributed by atoms with Crippen LogP contribution in [0.3, 0.4) is 0 Å². The minimum absolute atomic E-state index is 0.599. The number of rotatable bonds is 10. The summed E-state index contributed by atoms with van der Waals surface area (Å²) in [6.07, 6.45) is 4.55. The predicted octanol–water partition coefficient (Wildman–Crippen LogP) is 6.34. The number of allylic oxidation sites excluding steroid dienone is 2. The highest BCUT2D eigenvalue weighted by Crippen LogP contribution is 2.37. The Kier molecular flexibility index (Phi) is 9.77. The number of hydrogen-bond acceptors (Lipinski definition) is 4. The number of likely N-dealkylation sites (N-methyl/N-ethyl adjacent to an activating group) is 1. The summed E-state index contributed by atoms with van der Waals surface area (Å²) < 4.78 is 38.5. The lowest BCUT2D eigenvalue weighted by molar-refractivity contribution is -0.137. The van der Waals surface area contributed by atoms with Crippen molar-refractivity contribution in [1.82, 2.24) is 14.7 Å². The van der Waals surface area contributed by atoms with Crippen LogP contribution in [0, 0.1) is 5.92 Å². The summed E-state index contributed by atoms with van der Waals surface area (Å²) in [5, 5.41) is 0. The molecule has 2 aliphatic rings. The molecule has 0 atom stereocenters. The Morgan fingerprint density at radius 1 is 0.939 bits per heavy atom. The molecule has 1 heterocycles. The van der Waals surface area contributed by atoms with E-state index in [1.807, 2.05) is 0 Å². The quantitative estimate of drug-likeness (QED) is 0.385. The Bertz CT molecular complexity index is 794. The fourth-order valence-corrected chi connectivity index (χ4v) is 5.32. The van der Waals surface area contributed by atoms with Gasteiger partial charge < -0.3 is 14.7 Å². The van der Waals surface area contributed by atoms with E-state index in [4.69, 9.17) is 0 Å². The van der Waals surface area contributed by atoms with Crippen molar-refractivity contribution >= 4 is 11.8 Å². The van der Waals surface area contributed by atoms with Crippen LogP contribution in [-0.4, -0.2) is 67.6 Å². The molecule has 0 saturated carbocycles. The van der Waals surface area contributed by atoms with Gasteiger partial charge in [-0.2, -0.15) is 13.2 Å². The molecule has 0 radical (unpaired) electrons. The normalized spacial score (nSPS) is 18.4. The SMILES string of the molecule is CC(C)CCN1CCN(CCCN(C)C2=CCCC=C2Sc2ccc(C(F)(F)F)cc2)CC1. The number of hydrogen-bond donors (Lipinski definition) is 0. The lowest BCUT2D eigenvalue weighted by Gasteiger charge is -2.35. The second-order valence-corrected chi connectivity index (χ2v) is 10.6. The third-order valence-corrected chi connectivity index (χ3v) is 7.47. The second-order valence-electron chi connectivity index (χ2n) is 9.50. The highest BCUT2D eigenvalue weighted by Gasteiger charge is 2.30. The summed E-state index contributed by atoms with van der Waals surface area (Å²) >= 11 is 1.56. The molecule has 1 saturated heterocycles. The molecule has 1 aliphatic heterocycles. The van der Waals surface area contributed by atoms with Gasteiger partial charge in [-0.3, -0.25) is 0 Å². The molecule has 184 valence electrons. The molecule has 0 bridgehead atoms. The van der Waals surface area contributed by atoms with E-state index in [2.05, 4.69) is 47.7 Å². The van der Waals surface area contributed by atoms with Crippen molar-refractivity contribution in [3.05, 3.63) is 52.6 Å². The van der Waals surface area contributed by atoms with Crippen LogP contribution in [0.15, 0.2) is 51.9 Å². The van der Waals surface area contributed by atoms with Gasteiger partial charge in [0.25, 0.3) is 0 Å². The molecule has 1 aromatic rings. The van der Waals surface area contributed by atoms with Crippen molar-refractivity contribution in [2.24, 2.45) is 5.92 Å². The number of halogens is 3. The maximum absolute atomic E-state index is 12.8. The molecule has 0 unspecified atom stereocenters. The first-order chi connectivity index (χ1) is 15.7. The van der Waals surface area contributed by atoms with Crippen molar-refractivity contribution in [3.63, 3.8) is 0 Å². The number of alkyl halides is 3. The van der Waals surface area contributed by atoms with Crippen molar-refractivity contribution in [1.29, 1.82) is 0 Å². The van der Waals surface area contributed by atoms with Crippen LogP contribution in [-0.2, 0) is 6.18 Å². The molecule has 7 heteroatoms. The van der Waals surface area contributed by atoms with Crippen molar-refractivity contribution < 1.29 is 13.2 Å². The molecule has 33 heavy (non-hydrogen) atoms. The van der Waals surface area contributed by atoms with Gasteiger partial charge in [-0.05, 0) is 69.0 Å². The average Bonchev–Trinajstić information content (AvgIpc) is 2.78. The molecular weight excluding hydrogens is 443 g/mol. The van der Waals surface area contributed by atoms with Gasteiger partial charge in [0.15, 0.2) is 0 Å².